The van der Waals surface area contributed by atoms with Crippen molar-refractivity contribution in [1.82, 2.24) is 41.0 Å². The molecule has 2 aliphatic rings. The third-order valence-electron chi connectivity index (χ3n) is 10.8. The van der Waals surface area contributed by atoms with Gasteiger partial charge in [0.15, 0.2) is 0 Å². The number of hydrogen-bond acceptors (Lipinski definition) is 8. The number of hydrogen-bond donors (Lipinski definition) is 4. The summed E-state index contributed by atoms with van der Waals surface area (Å²) in [4.78, 5) is 14.8. The van der Waals surface area contributed by atoms with Gasteiger partial charge < -0.3 is 21.3 Å². The maximum Gasteiger partial charge on any atom is 0.123 e. The van der Waals surface area contributed by atoms with Crippen LogP contribution in [-0.4, -0.2) is 72.1 Å². The highest BCUT2D eigenvalue weighted by molar-refractivity contribution is 5.45. The van der Waals surface area contributed by atoms with Crippen molar-refractivity contribution < 1.29 is 4.39 Å². The van der Waals surface area contributed by atoms with Gasteiger partial charge in [-0.1, -0.05) is 72.8 Å². The largest absolute Gasteiger partial charge is 0.311 e. The maximum absolute atomic E-state index is 14.3. The fourth-order valence-electron chi connectivity index (χ4n) is 8.06. The molecule has 0 atom stereocenters. The predicted octanol–water partition coefficient (Wildman–Crippen LogP) is 6.75. The molecule has 294 valence electrons. The fraction of sp³-hybridized carbons (Fsp3) is 0.404. The summed E-state index contributed by atoms with van der Waals surface area (Å²) in [5.74, 6) is -0.216. The highest BCUT2D eigenvalue weighted by Crippen LogP contribution is 2.33. The molecule has 0 amide bonds. The number of pyridine rings is 2. The molecule has 0 fully saturated rings. The third-order valence-corrected chi connectivity index (χ3v) is 10.8. The van der Waals surface area contributed by atoms with Crippen LogP contribution in [-0.2, 0) is 39.3 Å². The highest BCUT2D eigenvalue weighted by atomic mass is 19.1. The van der Waals surface area contributed by atoms with Gasteiger partial charge in [-0.15, -0.1) is 0 Å². The Morgan fingerprint density at radius 1 is 0.464 bits per heavy atom. The van der Waals surface area contributed by atoms with E-state index in [1.807, 2.05) is 12.1 Å². The number of halogens is 1. The second kappa shape index (κ2) is 21.3. The van der Waals surface area contributed by atoms with E-state index in [2.05, 4.69) is 116 Å². The lowest BCUT2D eigenvalue weighted by Gasteiger charge is -2.25. The zero-order valence-corrected chi connectivity index (χ0v) is 32.9. The van der Waals surface area contributed by atoms with Gasteiger partial charge in [-0.3, -0.25) is 19.8 Å². The minimum absolute atomic E-state index is 0.00766. The summed E-state index contributed by atoms with van der Waals surface area (Å²) >= 11 is 0. The van der Waals surface area contributed by atoms with E-state index in [0.717, 1.165) is 146 Å². The van der Waals surface area contributed by atoms with Gasteiger partial charge >= 0.3 is 0 Å². The molecule has 0 aliphatic carbocycles. The lowest BCUT2D eigenvalue weighted by molar-refractivity contribution is 0.256. The standard InChI is InChI=1S/C47H59FN8/c48-42-19-17-39(18-20-42)47(40-11-1-9-37(29-40)35-55-25-5-21-49-31-43-13-3-14-44(53-43)32-50-22-6-26-55)41-12-2-10-38(30-41)36-56-27-7-23-51-33-45-15-4-16-46(54-45)34-52-24-8-28-56/h1-4,9-20,29-30,47,49-52H,5-8,21-28,31-36H2. The molecular weight excluding hydrogens is 696 g/mol. The Balaban J connectivity index is 1.05. The van der Waals surface area contributed by atoms with Gasteiger partial charge in [-0.2, -0.15) is 0 Å². The summed E-state index contributed by atoms with van der Waals surface area (Å²) in [5.41, 5.74) is 10.6. The molecule has 56 heavy (non-hydrogen) atoms. The average Bonchev–Trinajstić information content (AvgIpc) is 3.21. The van der Waals surface area contributed by atoms with E-state index < -0.39 is 0 Å². The normalized spacial score (nSPS) is 17.5. The first-order valence-electron chi connectivity index (χ1n) is 20.7. The molecule has 4 heterocycles. The first-order valence-corrected chi connectivity index (χ1v) is 20.7. The number of rotatable bonds is 7. The monoisotopic (exact) mass is 754 g/mol. The van der Waals surface area contributed by atoms with Crippen LogP contribution < -0.4 is 21.3 Å². The van der Waals surface area contributed by atoms with E-state index in [0.29, 0.717) is 0 Å². The van der Waals surface area contributed by atoms with Crippen LogP contribution in [0.1, 0.15) is 82.2 Å². The molecular formula is C47H59FN8. The van der Waals surface area contributed by atoms with Crippen LogP contribution in [0.2, 0.25) is 0 Å². The Morgan fingerprint density at radius 2 is 0.839 bits per heavy atom. The predicted molar refractivity (Wildman–Crippen MR) is 225 cm³/mol. The van der Waals surface area contributed by atoms with E-state index in [9.17, 15) is 4.39 Å². The molecule has 9 heteroatoms. The lowest BCUT2D eigenvalue weighted by Crippen LogP contribution is -2.31. The topological polar surface area (TPSA) is 80.4 Å². The molecule has 4 bridgehead atoms. The lowest BCUT2D eigenvalue weighted by atomic mass is 9.84. The van der Waals surface area contributed by atoms with Gasteiger partial charge in [0.25, 0.3) is 0 Å². The Bertz CT molecular complexity index is 1760. The molecule has 2 aromatic heterocycles. The fourth-order valence-corrected chi connectivity index (χ4v) is 8.06. The van der Waals surface area contributed by atoms with Crippen LogP contribution in [0.4, 0.5) is 4.39 Å². The zero-order valence-electron chi connectivity index (χ0n) is 32.9. The molecule has 7 rings (SSSR count). The smallest absolute Gasteiger partial charge is 0.123 e. The molecule has 0 saturated heterocycles. The van der Waals surface area contributed by atoms with E-state index in [4.69, 9.17) is 9.97 Å². The van der Waals surface area contributed by atoms with Gasteiger partial charge in [0, 0.05) is 45.2 Å². The molecule has 5 aromatic rings. The van der Waals surface area contributed by atoms with E-state index in [1.54, 1.807) is 12.1 Å². The number of benzene rings is 3. The van der Waals surface area contributed by atoms with E-state index >= 15 is 0 Å². The molecule has 0 spiro atoms. The molecule has 0 radical (unpaired) electrons. The molecule has 0 unspecified atom stereocenters. The Labute approximate surface area is 333 Å². The SMILES string of the molecule is Fc1ccc(C(c2cccc(CN3CCCNCc4cccc(n4)CNCCC3)c2)c2cccc(CN3CCCNCc4cccc(n4)CNCCC3)c2)cc1. The van der Waals surface area contributed by atoms with Gasteiger partial charge in [-0.05, 0) is 142 Å². The Kier molecular flexibility index (Phi) is 15.1. The van der Waals surface area contributed by atoms with Crippen LogP contribution in [0.25, 0.3) is 0 Å². The van der Waals surface area contributed by atoms with Crippen molar-refractivity contribution in [1.29, 1.82) is 0 Å². The molecule has 4 N–H and O–H groups in total. The van der Waals surface area contributed by atoms with Gasteiger partial charge in [-0.25, -0.2) is 4.39 Å². The molecule has 0 saturated carbocycles. The zero-order chi connectivity index (χ0) is 38.2. The van der Waals surface area contributed by atoms with E-state index in [1.165, 1.54) is 22.3 Å². The Morgan fingerprint density at radius 3 is 1.23 bits per heavy atom. The average molecular weight is 755 g/mol. The summed E-state index contributed by atoms with van der Waals surface area (Å²) < 4.78 is 14.3. The minimum atomic E-state index is -0.208. The molecule has 2 aliphatic heterocycles. The number of nitrogens with zero attached hydrogens (tertiary/aromatic N) is 4. The summed E-state index contributed by atoms with van der Waals surface area (Å²) in [5, 5.41) is 14.4. The summed E-state index contributed by atoms with van der Waals surface area (Å²) in [6.07, 6.45) is 4.31. The Hall–Kier alpha value is -4.35. The maximum atomic E-state index is 14.3. The van der Waals surface area contributed by atoms with Crippen LogP contribution in [0.3, 0.4) is 0 Å². The van der Waals surface area contributed by atoms with Crippen molar-refractivity contribution >= 4 is 0 Å². The van der Waals surface area contributed by atoms with E-state index in [-0.39, 0.29) is 11.7 Å². The summed E-state index contributed by atoms with van der Waals surface area (Å²) in [6.45, 7) is 12.9. The van der Waals surface area contributed by atoms with Crippen LogP contribution >= 0.6 is 0 Å². The minimum Gasteiger partial charge on any atom is -0.311 e. The summed E-state index contributed by atoms with van der Waals surface area (Å²) in [6, 6.07) is 37.9. The van der Waals surface area contributed by atoms with Crippen molar-refractivity contribution in [2.24, 2.45) is 0 Å². The number of aromatic nitrogens is 2. The van der Waals surface area contributed by atoms with Gasteiger partial charge in [0.05, 0.1) is 22.8 Å². The first-order chi connectivity index (χ1) is 27.6. The molecule has 8 nitrogen and oxygen atoms in total. The van der Waals surface area contributed by atoms with Gasteiger partial charge in [0.2, 0.25) is 0 Å². The summed E-state index contributed by atoms with van der Waals surface area (Å²) in [7, 11) is 0. The number of fused-ring (bicyclic) bond motifs is 4. The van der Waals surface area contributed by atoms with Crippen LogP contribution in [0.15, 0.2) is 109 Å². The second-order valence-electron chi connectivity index (χ2n) is 15.4. The number of nitrogens with one attached hydrogen (secondary N) is 4. The highest BCUT2D eigenvalue weighted by Gasteiger charge is 2.19. The van der Waals surface area contributed by atoms with Crippen LogP contribution in [0, 0.1) is 5.82 Å². The molecule has 3 aromatic carbocycles. The third kappa shape index (κ3) is 12.3. The van der Waals surface area contributed by atoms with Crippen molar-refractivity contribution in [3.05, 3.63) is 166 Å². The van der Waals surface area contributed by atoms with Crippen molar-refractivity contribution in [2.75, 3.05) is 52.4 Å². The van der Waals surface area contributed by atoms with Crippen molar-refractivity contribution in [3.63, 3.8) is 0 Å². The van der Waals surface area contributed by atoms with Crippen LogP contribution in [0.5, 0.6) is 0 Å². The quantitative estimate of drug-likeness (QED) is 0.136. The second-order valence-corrected chi connectivity index (χ2v) is 15.4. The first kappa shape index (κ1) is 39.9. The van der Waals surface area contributed by atoms with Crippen molar-refractivity contribution in [2.45, 2.75) is 70.9 Å². The van der Waals surface area contributed by atoms with Crippen molar-refractivity contribution in [3.8, 4) is 0 Å². The van der Waals surface area contributed by atoms with Gasteiger partial charge in [0.1, 0.15) is 5.82 Å².